The molecule has 0 fully saturated rings. The highest BCUT2D eigenvalue weighted by Gasteiger charge is 2.15. The molecule has 3 nitrogen and oxygen atoms in total. The maximum absolute atomic E-state index is 14.1. The summed E-state index contributed by atoms with van der Waals surface area (Å²) in [5, 5.41) is 9.26. The zero-order valence-corrected chi connectivity index (χ0v) is 12.4. The number of aryl methyl sites for hydroxylation is 1. The maximum atomic E-state index is 14.1. The minimum atomic E-state index is -0.523. The fourth-order valence-corrected chi connectivity index (χ4v) is 2.53. The molecule has 4 heteroatoms. The highest BCUT2D eigenvalue weighted by Crippen LogP contribution is 2.28. The number of hydrogen-bond acceptors (Lipinski definition) is 2. The molecule has 0 aliphatic heterocycles. The Morgan fingerprint density at radius 3 is 2.52 bits per heavy atom. The Kier molecular flexibility index (Phi) is 3.78. The molecule has 0 spiro atoms. The van der Waals surface area contributed by atoms with Crippen LogP contribution in [0.25, 0.3) is 22.4 Å². The van der Waals surface area contributed by atoms with E-state index in [1.807, 2.05) is 37.3 Å². The van der Waals surface area contributed by atoms with Gasteiger partial charge in [0.15, 0.2) is 0 Å². The van der Waals surface area contributed by atoms with Crippen molar-refractivity contribution in [1.82, 2.24) is 4.98 Å². The molecule has 112 valence electrons. The van der Waals surface area contributed by atoms with Gasteiger partial charge in [-0.15, -0.1) is 0 Å². The van der Waals surface area contributed by atoms with Crippen LogP contribution in [0.4, 0.5) is 4.39 Å². The molecule has 3 rings (SSSR count). The molecule has 1 heterocycles. The van der Waals surface area contributed by atoms with E-state index in [-0.39, 0.29) is 11.1 Å². The number of H-pyrrole nitrogens is 1. The van der Waals surface area contributed by atoms with Crippen LogP contribution in [0.2, 0.25) is 0 Å². The number of pyridine rings is 1. The summed E-state index contributed by atoms with van der Waals surface area (Å²) in [7, 11) is 0. The smallest absolute Gasteiger partial charge is 0.266 e. The van der Waals surface area contributed by atoms with Crippen LogP contribution in [0.5, 0.6) is 0 Å². The number of nitriles is 1. The number of hydrogen-bond donors (Lipinski definition) is 1. The van der Waals surface area contributed by atoms with E-state index in [4.69, 9.17) is 0 Å². The van der Waals surface area contributed by atoms with E-state index in [2.05, 4.69) is 4.98 Å². The standard InChI is InChI=1S/C19H13FN2O/c1-12-5-4-6-13(9-12)18-10-15(16(11-21)19(23)22-18)14-7-2-3-8-17(14)20/h2-10H,1H3,(H,22,23). The van der Waals surface area contributed by atoms with E-state index in [1.54, 1.807) is 24.3 Å². The van der Waals surface area contributed by atoms with Crippen molar-refractivity contribution in [2.75, 3.05) is 0 Å². The lowest BCUT2D eigenvalue weighted by molar-refractivity contribution is 0.631. The molecule has 0 saturated carbocycles. The second-order valence-corrected chi connectivity index (χ2v) is 5.26. The third-order valence-electron chi connectivity index (χ3n) is 3.64. The highest BCUT2D eigenvalue weighted by molar-refractivity contribution is 5.75. The highest BCUT2D eigenvalue weighted by atomic mass is 19.1. The summed E-state index contributed by atoms with van der Waals surface area (Å²) in [5.74, 6) is -0.468. The van der Waals surface area contributed by atoms with Crippen molar-refractivity contribution in [3.05, 3.63) is 81.9 Å². The van der Waals surface area contributed by atoms with Crippen LogP contribution < -0.4 is 5.56 Å². The quantitative estimate of drug-likeness (QED) is 0.777. The molecular weight excluding hydrogens is 291 g/mol. The Balaban J connectivity index is 2.30. The number of halogens is 1. The van der Waals surface area contributed by atoms with Gasteiger partial charge in [0.25, 0.3) is 5.56 Å². The van der Waals surface area contributed by atoms with Gasteiger partial charge in [-0.2, -0.15) is 5.26 Å². The van der Waals surface area contributed by atoms with Crippen LogP contribution in [0.1, 0.15) is 11.1 Å². The topological polar surface area (TPSA) is 56.6 Å². The minimum absolute atomic E-state index is 0.0912. The van der Waals surface area contributed by atoms with Gasteiger partial charge < -0.3 is 4.98 Å². The molecule has 0 aliphatic carbocycles. The third-order valence-corrected chi connectivity index (χ3v) is 3.64. The van der Waals surface area contributed by atoms with E-state index in [0.29, 0.717) is 11.3 Å². The second kappa shape index (κ2) is 5.90. The Hall–Kier alpha value is -3.19. The van der Waals surface area contributed by atoms with Crippen LogP contribution in [0.3, 0.4) is 0 Å². The number of benzene rings is 2. The molecule has 0 amide bonds. The molecule has 0 radical (unpaired) electrons. The predicted octanol–water partition coefficient (Wildman–Crippen LogP) is 4.03. The van der Waals surface area contributed by atoms with E-state index in [0.717, 1.165) is 11.1 Å². The predicted molar refractivity (Wildman–Crippen MR) is 87.3 cm³/mol. The summed E-state index contributed by atoms with van der Waals surface area (Å²) < 4.78 is 14.1. The Morgan fingerprint density at radius 2 is 1.83 bits per heavy atom. The van der Waals surface area contributed by atoms with Gasteiger partial charge in [0.05, 0.1) is 0 Å². The lowest BCUT2D eigenvalue weighted by Gasteiger charge is -2.09. The molecule has 2 aromatic carbocycles. The Bertz CT molecular complexity index is 983. The summed E-state index contributed by atoms with van der Waals surface area (Å²) in [6.45, 7) is 1.95. The lowest BCUT2D eigenvalue weighted by Crippen LogP contribution is -2.13. The Labute approximate surface area is 132 Å². The fourth-order valence-electron chi connectivity index (χ4n) is 2.53. The van der Waals surface area contributed by atoms with Crippen LogP contribution in [0.15, 0.2) is 59.4 Å². The van der Waals surface area contributed by atoms with Crippen molar-refractivity contribution < 1.29 is 4.39 Å². The van der Waals surface area contributed by atoms with E-state index < -0.39 is 11.4 Å². The van der Waals surface area contributed by atoms with E-state index in [1.165, 1.54) is 6.07 Å². The molecule has 23 heavy (non-hydrogen) atoms. The minimum Gasteiger partial charge on any atom is -0.321 e. The lowest BCUT2D eigenvalue weighted by atomic mass is 9.98. The molecular formula is C19H13FN2O. The van der Waals surface area contributed by atoms with Crippen molar-refractivity contribution in [1.29, 1.82) is 5.26 Å². The van der Waals surface area contributed by atoms with Crippen LogP contribution >= 0.6 is 0 Å². The summed E-state index contributed by atoms with van der Waals surface area (Å²) in [5.41, 5.74) is 2.33. The van der Waals surface area contributed by atoms with Gasteiger partial charge in [-0.3, -0.25) is 4.79 Å². The number of aromatic amines is 1. The zero-order valence-electron chi connectivity index (χ0n) is 12.4. The van der Waals surface area contributed by atoms with Crippen LogP contribution in [0, 0.1) is 24.1 Å². The number of nitrogens with one attached hydrogen (secondary N) is 1. The van der Waals surface area contributed by atoms with Gasteiger partial charge in [0.2, 0.25) is 0 Å². The van der Waals surface area contributed by atoms with E-state index >= 15 is 0 Å². The first-order chi connectivity index (χ1) is 11.1. The third kappa shape index (κ3) is 2.77. The summed E-state index contributed by atoms with van der Waals surface area (Å²) >= 11 is 0. The normalized spacial score (nSPS) is 10.3. The fraction of sp³-hybridized carbons (Fsp3) is 0.0526. The monoisotopic (exact) mass is 304 g/mol. The molecule has 0 unspecified atom stereocenters. The second-order valence-electron chi connectivity index (χ2n) is 5.26. The van der Waals surface area contributed by atoms with E-state index in [9.17, 15) is 14.4 Å². The van der Waals surface area contributed by atoms with Crippen LogP contribution in [-0.2, 0) is 0 Å². The maximum Gasteiger partial charge on any atom is 0.266 e. The first kappa shape index (κ1) is 14.7. The largest absolute Gasteiger partial charge is 0.321 e. The summed E-state index contributed by atoms with van der Waals surface area (Å²) in [6.07, 6.45) is 0. The zero-order chi connectivity index (χ0) is 16.4. The summed E-state index contributed by atoms with van der Waals surface area (Å²) in [6, 6.07) is 17.2. The first-order valence-corrected chi connectivity index (χ1v) is 7.09. The van der Waals surface area contributed by atoms with Crippen molar-refractivity contribution in [3.8, 4) is 28.5 Å². The molecule has 0 atom stereocenters. The number of nitrogens with zero attached hydrogens (tertiary/aromatic N) is 1. The Morgan fingerprint density at radius 1 is 1.04 bits per heavy atom. The van der Waals surface area contributed by atoms with Gasteiger partial charge >= 0.3 is 0 Å². The molecule has 0 aliphatic rings. The molecule has 0 saturated heterocycles. The molecule has 1 N–H and O–H groups in total. The average molecular weight is 304 g/mol. The number of aromatic nitrogens is 1. The molecule has 3 aromatic rings. The van der Waals surface area contributed by atoms with Gasteiger partial charge in [0.1, 0.15) is 17.4 Å². The average Bonchev–Trinajstić information content (AvgIpc) is 2.54. The van der Waals surface area contributed by atoms with Crippen molar-refractivity contribution in [3.63, 3.8) is 0 Å². The van der Waals surface area contributed by atoms with Crippen molar-refractivity contribution >= 4 is 0 Å². The molecule has 1 aromatic heterocycles. The van der Waals surface area contributed by atoms with Crippen LogP contribution in [-0.4, -0.2) is 4.98 Å². The van der Waals surface area contributed by atoms with Gasteiger partial charge in [-0.05, 0) is 30.7 Å². The van der Waals surface area contributed by atoms with Gasteiger partial charge in [0, 0.05) is 16.8 Å². The summed E-state index contributed by atoms with van der Waals surface area (Å²) in [4.78, 5) is 14.9. The van der Waals surface area contributed by atoms with Crippen molar-refractivity contribution in [2.24, 2.45) is 0 Å². The van der Waals surface area contributed by atoms with Gasteiger partial charge in [-0.25, -0.2) is 4.39 Å². The number of rotatable bonds is 2. The van der Waals surface area contributed by atoms with Gasteiger partial charge in [-0.1, -0.05) is 42.0 Å². The van der Waals surface area contributed by atoms with Crippen molar-refractivity contribution in [2.45, 2.75) is 6.92 Å². The SMILES string of the molecule is Cc1cccc(-c2cc(-c3ccccc3F)c(C#N)c(=O)[nH]2)c1. The first-order valence-electron chi connectivity index (χ1n) is 7.09. The molecule has 0 bridgehead atoms.